The first-order valence-electron chi connectivity index (χ1n) is 10.7. The van der Waals surface area contributed by atoms with Crippen LogP contribution in [0.2, 0.25) is 0 Å². The van der Waals surface area contributed by atoms with Gasteiger partial charge in [-0.15, -0.1) is 24.0 Å². The number of hydrogen-bond donors (Lipinski definition) is 2. The zero-order valence-corrected chi connectivity index (χ0v) is 22.2. The van der Waals surface area contributed by atoms with E-state index in [0.29, 0.717) is 0 Å². The molecule has 2 saturated heterocycles. The van der Waals surface area contributed by atoms with Crippen LogP contribution in [-0.4, -0.2) is 73.3 Å². The van der Waals surface area contributed by atoms with Gasteiger partial charge in [0.2, 0.25) is 0 Å². The third kappa shape index (κ3) is 8.25. The third-order valence-electron chi connectivity index (χ3n) is 5.18. The van der Waals surface area contributed by atoms with Crippen LogP contribution in [-0.2, 0) is 11.3 Å². The Balaban J connectivity index is 0.00000341. The number of guanidine groups is 1. The number of carbonyl (C=O) groups is 1. The van der Waals surface area contributed by atoms with Crippen LogP contribution in [0.25, 0.3) is 0 Å². The standard InChI is InChI=1S/C22H35N5O2S.HI/c1-22(2,3)29-21(28)25-18-9-10-27(16-18)20(23-4)24-15-17-5-7-19(8-6-17)26-11-13-30-14-12-26;/h5-8,18H,9-16H2,1-4H3,(H,23,24)(H,25,28);1H. The molecule has 0 aromatic heterocycles. The normalized spacial score (nSPS) is 19.6. The number of hydrogen-bond acceptors (Lipinski definition) is 5. The summed E-state index contributed by atoms with van der Waals surface area (Å²) in [6, 6.07) is 8.88. The number of ether oxygens (including phenoxy) is 1. The first kappa shape index (κ1) is 25.9. The number of anilines is 1. The number of aliphatic imine (C=N–C) groups is 1. The molecule has 7 nitrogen and oxygen atoms in total. The summed E-state index contributed by atoms with van der Waals surface area (Å²) in [5.74, 6) is 3.28. The molecular formula is C22H36IN5O2S. The highest BCUT2D eigenvalue weighted by atomic mass is 127. The average Bonchev–Trinajstić information content (AvgIpc) is 3.16. The summed E-state index contributed by atoms with van der Waals surface area (Å²) in [5.41, 5.74) is 2.05. The van der Waals surface area contributed by atoms with Crippen molar-refractivity contribution < 1.29 is 9.53 Å². The fourth-order valence-electron chi connectivity index (χ4n) is 3.70. The van der Waals surface area contributed by atoms with Crippen molar-refractivity contribution in [3.63, 3.8) is 0 Å². The van der Waals surface area contributed by atoms with Crippen molar-refractivity contribution in [3.05, 3.63) is 29.8 Å². The van der Waals surface area contributed by atoms with Gasteiger partial charge >= 0.3 is 6.09 Å². The Morgan fingerprint density at radius 3 is 2.48 bits per heavy atom. The SMILES string of the molecule is CN=C(NCc1ccc(N2CCSCC2)cc1)N1CCC(NC(=O)OC(C)(C)C)C1.I. The Labute approximate surface area is 207 Å². The van der Waals surface area contributed by atoms with Crippen molar-refractivity contribution in [2.24, 2.45) is 4.99 Å². The van der Waals surface area contributed by atoms with Crippen LogP contribution in [0.3, 0.4) is 0 Å². The Bertz CT molecular complexity index is 732. The summed E-state index contributed by atoms with van der Waals surface area (Å²) in [4.78, 5) is 21.1. The summed E-state index contributed by atoms with van der Waals surface area (Å²) in [5, 5.41) is 6.42. The molecule has 2 aliphatic rings. The molecular weight excluding hydrogens is 525 g/mol. The highest BCUT2D eigenvalue weighted by Gasteiger charge is 2.27. The Hall–Kier alpha value is -1.36. The third-order valence-corrected chi connectivity index (χ3v) is 6.13. The monoisotopic (exact) mass is 561 g/mol. The van der Waals surface area contributed by atoms with Crippen molar-refractivity contribution in [1.82, 2.24) is 15.5 Å². The molecule has 1 amide bonds. The lowest BCUT2D eigenvalue weighted by molar-refractivity contribution is 0.0507. The van der Waals surface area contributed by atoms with Crippen molar-refractivity contribution in [2.75, 3.05) is 49.6 Å². The predicted octanol–water partition coefficient (Wildman–Crippen LogP) is 3.53. The topological polar surface area (TPSA) is 69.2 Å². The second kappa shape index (κ2) is 12.0. The van der Waals surface area contributed by atoms with Crippen LogP contribution < -0.4 is 15.5 Å². The van der Waals surface area contributed by atoms with E-state index in [1.165, 1.54) is 22.8 Å². The maximum atomic E-state index is 12.0. The van der Waals surface area contributed by atoms with Crippen molar-refractivity contribution in [1.29, 1.82) is 0 Å². The molecule has 1 unspecified atom stereocenters. The van der Waals surface area contributed by atoms with Gasteiger partial charge in [0.05, 0.1) is 6.04 Å². The smallest absolute Gasteiger partial charge is 0.407 e. The lowest BCUT2D eigenvalue weighted by atomic mass is 10.2. The summed E-state index contributed by atoms with van der Waals surface area (Å²) >= 11 is 2.03. The Morgan fingerprint density at radius 1 is 1.19 bits per heavy atom. The van der Waals surface area contributed by atoms with Gasteiger partial charge in [-0.25, -0.2) is 4.79 Å². The molecule has 0 bridgehead atoms. The molecule has 0 saturated carbocycles. The Kier molecular flexibility index (Phi) is 10.1. The van der Waals surface area contributed by atoms with Crippen molar-refractivity contribution in [2.45, 2.75) is 45.4 Å². The quantitative estimate of drug-likeness (QED) is 0.333. The number of nitrogens with one attached hydrogen (secondary N) is 2. The van der Waals surface area contributed by atoms with Gasteiger partial charge in [0.25, 0.3) is 0 Å². The zero-order valence-electron chi connectivity index (χ0n) is 19.0. The summed E-state index contributed by atoms with van der Waals surface area (Å²) < 4.78 is 5.36. The van der Waals surface area contributed by atoms with Crippen LogP contribution >= 0.6 is 35.7 Å². The number of carbonyl (C=O) groups excluding carboxylic acids is 1. The highest BCUT2D eigenvalue weighted by molar-refractivity contribution is 14.0. The molecule has 2 heterocycles. The number of halogens is 1. The molecule has 1 atom stereocenters. The van der Waals surface area contributed by atoms with Crippen LogP contribution in [0.4, 0.5) is 10.5 Å². The van der Waals surface area contributed by atoms with E-state index in [2.05, 4.69) is 49.7 Å². The molecule has 2 aliphatic heterocycles. The van der Waals surface area contributed by atoms with Crippen LogP contribution in [0, 0.1) is 0 Å². The summed E-state index contributed by atoms with van der Waals surface area (Å²) in [7, 11) is 1.80. The number of likely N-dealkylation sites (tertiary alicyclic amines) is 1. The fraction of sp³-hybridized carbons (Fsp3) is 0.636. The molecule has 174 valence electrons. The van der Waals surface area contributed by atoms with Gasteiger partial charge in [0, 0.05) is 57.0 Å². The van der Waals surface area contributed by atoms with E-state index in [-0.39, 0.29) is 36.1 Å². The minimum Gasteiger partial charge on any atom is -0.444 e. The van der Waals surface area contributed by atoms with E-state index in [9.17, 15) is 4.79 Å². The number of benzene rings is 1. The molecule has 31 heavy (non-hydrogen) atoms. The maximum absolute atomic E-state index is 12.0. The Morgan fingerprint density at radius 2 is 1.87 bits per heavy atom. The number of thioether (sulfide) groups is 1. The largest absolute Gasteiger partial charge is 0.444 e. The van der Waals surface area contributed by atoms with Gasteiger partial charge in [0.1, 0.15) is 5.60 Å². The zero-order chi connectivity index (χ0) is 21.6. The van der Waals surface area contributed by atoms with Crippen LogP contribution in [0.1, 0.15) is 32.8 Å². The van der Waals surface area contributed by atoms with E-state index in [1.807, 2.05) is 32.5 Å². The van der Waals surface area contributed by atoms with Gasteiger partial charge in [0.15, 0.2) is 5.96 Å². The molecule has 2 N–H and O–H groups in total. The second-order valence-corrected chi connectivity index (χ2v) is 9.97. The number of alkyl carbamates (subject to hydrolysis) is 1. The van der Waals surface area contributed by atoms with E-state index >= 15 is 0 Å². The summed E-state index contributed by atoms with van der Waals surface area (Å²) in [6.07, 6.45) is 0.521. The van der Waals surface area contributed by atoms with E-state index < -0.39 is 5.60 Å². The van der Waals surface area contributed by atoms with Gasteiger partial charge in [-0.05, 0) is 44.9 Å². The van der Waals surface area contributed by atoms with Crippen LogP contribution in [0.15, 0.2) is 29.3 Å². The lowest BCUT2D eigenvalue weighted by Crippen LogP contribution is -2.44. The van der Waals surface area contributed by atoms with Gasteiger partial charge in [-0.2, -0.15) is 11.8 Å². The van der Waals surface area contributed by atoms with Crippen molar-refractivity contribution >= 4 is 53.5 Å². The van der Waals surface area contributed by atoms with Gasteiger partial charge < -0.3 is 25.2 Å². The van der Waals surface area contributed by atoms with Gasteiger partial charge in [-0.3, -0.25) is 4.99 Å². The van der Waals surface area contributed by atoms with Crippen LogP contribution in [0.5, 0.6) is 0 Å². The highest BCUT2D eigenvalue weighted by Crippen LogP contribution is 2.20. The van der Waals surface area contributed by atoms with E-state index in [4.69, 9.17) is 4.74 Å². The fourth-order valence-corrected chi connectivity index (χ4v) is 4.61. The molecule has 0 spiro atoms. The molecule has 3 rings (SSSR count). The molecule has 1 aromatic rings. The minimum absolute atomic E-state index is 0. The number of nitrogens with zero attached hydrogens (tertiary/aromatic N) is 3. The molecule has 1 aromatic carbocycles. The molecule has 0 aliphatic carbocycles. The molecule has 2 fully saturated rings. The predicted molar refractivity (Wildman–Crippen MR) is 141 cm³/mol. The molecule has 0 radical (unpaired) electrons. The second-order valence-electron chi connectivity index (χ2n) is 8.74. The number of rotatable bonds is 4. The van der Waals surface area contributed by atoms with Gasteiger partial charge in [-0.1, -0.05) is 12.1 Å². The number of amides is 1. The first-order chi connectivity index (χ1) is 14.3. The minimum atomic E-state index is -0.484. The van der Waals surface area contributed by atoms with E-state index in [0.717, 1.165) is 45.1 Å². The molecule has 9 heteroatoms. The average molecular weight is 562 g/mol. The maximum Gasteiger partial charge on any atom is 0.407 e. The lowest BCUT2D eigenvalue weighted by Gasteiger charge is -2.28. The summed E-state index contributed by atoms with van der Waals surface area (Å²) in [6.45, 7) is 10.2. The first-order valence-corrected chi connectivity index (χ1v) is 11.9. The van der Waals surface area contributed by atoms with E-state index in [1.54, 1.807) is 7.05 Å². The van der Waals surface area contributed by atoms with Crippen molar-refractivity contribution in [3.8, 4) is 0 Å².